The van der Waals surface area contributed by atoms with Crippen LogP contribution in [-0.4, -0.2) is 47.7 Å². The summed E-state index contributed by atoms with van der Waals surface area (Å²) in [5.41, 5.74) is 2.20. The third kappa shape index (κ3) is 5.19. The third-order valence-electron chi connectivity index (χ3n) is 5.24. The van der Waals surface area contributed by atoms with Gasteiger partial charge >= 0.3 is 0 Å². The molecule has 0 radical (unpaired) electrons. The zero-order valence-electron chi connectivity index (χ0n) is 16.9. The summed E-state index contributed by atoms with van der Waals surface area (Å²) < 4.78 is 11.7. The van der Waals surface area contributed by atoms with E-state index in [0.29, 0.717) is 18.4 Å². The molecule has 0 spiro atoms. The van der Waals surface area contributed by atoms with E-state index in [1.54, 1.807) is 7.11 Å². The quantitative estimate of drug-likeness (QED) is 0.709. The molecule has 1 unspecified atom stereocenters. The molecular formula is C22H31N3O2. The molecule has 1 aromatic heterocycles. The fourth-order valence-electron chi connectivity index (χ4n) is 3.53. The molecule has 3 rings (SSSR count). The van der Waals surface area contributed by atoms with Gasteiger partial charge in [0, 0.05) is 36.8 Å². The molecule has 5 nitrogen and oxygen atoms in total. The number of hydrogen-bond acceptors (Lipinski definition) is 5. The van der Waals surface area contributed by atoms with Gasteiger partial charge in [-0.15, -0.1) is 0 Å². The van der Waals surface area contributed by atoms with E-state index < -0.39 is 0 Å². The first-order valence-electron chi connectivity index (χ1n) is 9.93. The minimum Gasteiger partial charge on any atom is -0.493 e. The topological polar surface area (TPSA) is 47.5 Å². The minimum atomic E-state index is 0.574. The molecule has 0 bridgehead atoms. The van der Waals surface area contributed by atoms with Crippen molar-refractivity contribution in [2.45, 2.75) is 46.1 Å². The summed E-state index contributed by atoms with van der Waals surface area (Å²) in [7, 11) is 1.69. The molecule has 0 aliphatic carbocycles. The molecule has 0 saturated carbocycles. The van der Waals surface area contributed by atoms with Gasteiger partial charge in [-0.3, -0.25) is 0 Å². The molecule has 0 amide bonds. The summed E-state index contributed by atoms with van der Waals surface area (Å²) in [5.74, 6) is 3.00. The number of likely N-dealkylation sites (tertiary alicyclic amines) is 1. The van der Waals surface area contributed by atoms with Crippen LogP contribution >= 0.6 is 0 Å². The van der Waals surface area contributed by atoms with Gasteiger partial charge in [-0.2, -0.15) is 0 Å². The number of rotatable bonds is 8. The standard InChI is InChI=1S/C22H31N3O2/c1-5-19-8-10-23-22(24-19)13-17-6-7-20(26-4)21(12-17)27-15-18-9-11-25(14-18)16(2)3/h6-8,10,12,16,18H,5,9,11,13-15H2,1-4H3. The number of methoxy groups -OCH3 is 1. The van der Waals surface area contributed by atoms with Crippen LogP contribution in [-0.2, 0) is 12.8 Å². The number of aromatic nitrogens is 2. The van der Waals surface area contributed by atoms with Gasteiger partial charge in [0.05, 0.1) is 13.7 Å². The Kier molecular flexibility index (Phi) is 6.67. The van der Waals surface area contributed by atoms with Gasteiger partial charge in [-0.25, -0.2) is 9.97 Å². The number of aryl methyl sites for hydroxylation is 1. The molecule has 1 fully saturated rings. The number of hydrogen-bond donors (Lipinski definition) is 0. The zero-order chi connectivity index (χ0) is 19.2. The maximum atomic E-state index is 6.17. The van der Waals surface area contributed by atoms with Crippen molar-refractivity contribution in [1.29, 1.82) is 0 Å². The van der Waals surface area contributed by atoms with Crippen molar-refractivity contribution in [2.75, 3.05) is 26.8 Å². The molecule has 1 atom stereocenters. The van der Waals surface area contributed by atoms with Crippen molar-refractivity contribution in [1.82, 2.24) is 14.9 Å². The Morgan fingerprint density at radius 1 is 1.22 bits per heavy atom. The molecule has 2 heterocycles. The Balaban J connectivity index is 1.66. The second-order valence-corrected chi connectivity index (χ2v) is 7.53. The number of ether oxygens (including phenoxy) is 2. The van der Waals surface area contributed by atoms with E-state index in [4.69, 9.17) is 9.47 Å². The second kappa shape index (κ2) is 9.18. The Bertz CT molecular complexity index is 748. The van der Waals surface area contributed by atoms with Crippen molar-refractivity contribution < 1.29 is 9.47 Å². The Hall–Kier alpha value is -2.14. The van der Waals surface area contributed by atoms with E-state index in [1.165, 1.54) is 6.42 Å². The first-order valence-corrected chi connectivity index (χ1v) is 9.93. The van der Waals surface area contributed by atoms with E-state index in [2.05, 4.69) is 47.8 Å². The highest BCUT2D eigenvalue weighted by molar-refractivity contribution is 5.43. The molecule has 1 saturated heterocycles. The minimum absolute atomic E-state index is 0.574. The summed E-state index contributed by atoms with van der Waals surface area (Å²) in [6, 6.07) is 8.67. The van der Waals surface area contributed by atoms with E-state index in [-0.39, 0.29) is 0 Å². The van der Waals surface area contributed by atoms with E-state index in [9.17, 15) is 0 Å². The second-order valence-electron chi connectivity index (χ2n) is 7.53. The van der Waals surface area contributed by atoms with Crippen LogP contribution in [0.3, 0.4) is 0 Å². The van der Waals surface area contributed by atoms with Crippen LogP contribution in [0.25, 0.3) is 0 Å². The summed E-state index contributed by atoms with van der Waals surface area (Å²) >= 11 is 0. The predicted octanol–water partition coefficient (Wildman–Crippen LogP) is 3.75. The number of benzene rings is 1. The summed E-state index contributed by atoms with van der Waals surface area (Å²) in [4.78, 5) is 11.5. The lowest BCUT2D eigenvalue weighted by Crippen LogP contribution is -2.29. The van der Waals surface area contributed by atoms with E-state index in [1.807, 2.05) is 18.3 Å². The Morgan fingerprint density at radius 3 is 2.78 bits per heavy atom. The maximum absolute atomic E-state index is 6.17. The molecule has 1 aliphatic rings. The smallest absolute Gasteiger partial charge is 0.161 e. The van der Waals surface area contributed by atoms with Crippen molar-refractivity contribution >= 4 is 0 Å². The van der Waals surface area contributed by atoms with Crippen LogP contribution < -0.4 is 9.47 Å². The average molecular weight is 370 g/mol. The third-order valence-corrected chi connectivity index (χ3v) is 5.24. The summed E-state index contributed by atoms with van der Waals surface area (Å²) in [6.07, 6.45) is 4.64. The van der Waals surface area contributed by atoms with Crippen LogP contribution in [0.15, 0.2) is 30.5 Å². The first-order chi connectivity index (χ1) is 13.1. The van der Waals surface area contributed by atoms with Crippen LogP contribution in [0.5, 0.6) is 11.5 Å². The maximum Gasteiger partial charge on any atom is 0.161 e. The van der Waals surface area contributed by atoms with E-state index >= 15 is 0 Å². The van der Waals surface area contributed by atoms with Gasteiger partial charge in [0.15, 0.2) is 11.5 Å². The van der Waals surface area contributed by atoms with Gasteiger partial charge in [0.2, 0.25) is 0 Å². The van der Waals surface area contributed by atoms with Crippen LogP contribution in [0.4, 0.5) is 0 Å². The van der Waals surface area contributed by atoms with Crippen LogP contribution in [0.1, 0.15) is 44.3 Å². The molecule has 0 N–H and O–H groups in total. The van der Waals surface area contributed by atoms with Gasteiger partial charge in [-0.1, -0.05) is 13.0 Å². The highest BCUT2D eigenvalue weighted by Gasteiger charge is 2.25. The Morgan fingerprint density at radius 2 is 2.07 bits per heavy atom. The van der Waals surface area contributed by atoms with Crippen LogP contribution in [0, 0.1) is 5.92 Å². The Labute approximate surface area is 162 Å². The molecule has 27 heavy (non-hydrogen) atoms. The van der Waals surface area contributed by atoms with Crippen molar-refractivity contribution in [3.05, 3.63) is 47.5 Å². The average Bonchev–Trinajstić information content (AvgIpc) is 3.16. The molecule has 146 valence electrons. The van der Waals surface area contributed by atoms with Gasteiger partial charge in [-0.05, 0) is 57.0 Å². The highest BCUT2D eigenvalue weighted by atomic mass is 16.5. The van der Waals surface area contributed by atoms with Gasteiger partial charge in [0.1, 0.15) is 5.82 Å². The normalized spacial score (nSPS) is 17.4. The summed E-state index contributed by atoms with van der Waals surface area (Å²) in [5, 5.41) is 0. The van der Waals surface area contributed by atoms with Gasteiger partial charge in [0.25, 0.3) is 0 Å². The molecule has 1 aromatic carbocycles. The molecular weight excluding hydrogens is 338 g/mol. The fraction of sp³-hybridized carbons (Fsp3) is 0.545. The van der Waals surface area contributed by atoms with Gasteiger partial charge < -0.3 is 14.4 Å². The monoisotopic (exact) mass is 369 g/mol. The van der Waals surface area contributed by atoms with Crippen molar-refractivity contribution in [3.8, 4) is 11.5 Å². The molecule has 2 aromatic rings. The highest BCUT2D eigenvalue weighted by Crippen LogP contribution is 2.30. The lowest BCUT2D eigenvalue weighted by molar-refractivity contribution is 0.218. The number of nitrogens with zero attached hydrogens (tertiary/aromatic N) is 3. The first kappa shape index (κ1) is 19.6. The zero-order valence-corrected chi connectivity index (χ0v) is 16.9. The fourth-order valence-corrected chi connectivity index (χ4v) is 3.53. The molecule has 5 heteroatoms. The van der Waals surface area contributed by atoms with Crippen LogP contribution in [0.2, 0.25) is 0 Å². The van der Waals surface area contributed by atoms with Crippen molar-refractivity contribution in [2.24, 2.45) is 5.92 Å². The predicted molar refractivity (Wildman–Crippen MR) is 108 cm³/mol. The van der Waals surface area contributed by atoms with E-state index in [0.717, 1.165) is 54.7 Å². The largest absolute Gasteiger partial charge is 0.493 e. The molecule has 1 aliphatic heterocycles. The SMILES string of the molecule is CCc1ccnc(Cc2ccc(OC)c(OCC3CCN(C(C)C)C3)c2)n1. The lowest BCUT2D eigenvalue weighted by Gasteiger charge is -2.20. The lowest BCUT2D eigenvalue weighted by atomic mass is 10.1. The van der Waals surface area contributed by atoms with Crippen molar-refractivity contribution in [3.63, 3.8) is 0 Å². The summed E-state index contributed by atoms with van der Waals surface area (Å²) in [6.45, 7) is 9.61.